The zero-order chi connectivity index (χ0) is 9.12. The summed E-state index contributed by atoms with van der Waals surface area (Å²) in [4.78, 5) is 0. The van der Waals surface area contributed by atoms with Crippen molar-refractivity contribution in [2.45, 2.75) is 6.42 Å². The van der Waals surface area contributed by atoms with Crippen LogP contribution in [0.15, 0.2) is 0 Å². The van der Waals surface area contributed by atoms with E-state index in [0.717, 1.165) is 0 Å². The van der Waals surface area contributed by atoms with Crippen molar-refractivity contribution in [3.8, 4) is 0 Å². The van der Waals surface area contributed by atoms with Gasteiger partial charge in [-0.15, -0.1) is 0 Å². The van der Waals surface area contributed by atoms with Crippen molar-refractivity contribution >= 4 is 30.1 Å². The van der Waals surface area contributed by atoms with Crippen LogP contribution in [0.3, 0.4) is 0 Å². The molecule has 12 heavy (non-hydrogen) atoms. The molecule has 0 amide bonds. The first kappa shape index (κ1) is 15.7. The van der Waals surface area contributed by atoms with E-state index in [1.54, 1.807) is 0 Å². The summed E-state index contributed by atoms with van der Waals surface area (Å²) < 4.78 is 50.3. The summed E-state index contributed by atoms with van der Waals surface area (Å²) in [7, 11) is -7.87. The fourth-order valence-electron chi connectivity index (χ4n) is 0.412. The second-order valence-electron chi connectivity index (χ2n) is 1.88. The zero-order valence-electron chi connectivity index (χ0n) is 6.39. The van der Waals surface area contributed by atoms with Crippen molar-refractivity contribution in [1.29, 1.82) is 0 Å². The van der Waals surface area contributed by atoms with E-state index in [1.165, 1.54) is 0 Å². The van der Waals surface area contributed by atoms with E-state index in [0.29, 0.717) is 0 Å². The van der Waals surface area contributed by atoms with Crippen molar-refractivity contribution in [2.24, 2.45) is 0 Å². The van der Waals surface area contributed by atoms with Crippen molar-refractivity contribution in [2.75, 3.05) is 11.5 Å². The molecule has 68 valence electrons. The van der Waals surface area contributed by atoms with Gasteiger partial charge >= 0.3 is 29.6 Å². The molecule has 0 radical (unpaired) electrons. The van der Waals surface area contributed by atoms with Crippen molar-refractivity contribution in [1.82, 2.24) is 0 Å². The SMILES string of the molecule is O=S(=O)([O-])CCCS(=O)([O-])=S.[Na+]. The maximum atomic E-state index is 10.2. The second kappa shape index (κ2) is 5.86. The summed E-state index contributed by atoms with van der Waals surface area (Å²) in [6.07, 6.45) is -0.225. The molecule has 0 rings (SSSR count). The van der Waals surface area contributed by atoms with Crippen molar-refractivity contribution in [3.63, 3.8) is 0 Å². The second-order valence-corrected chi connectivity index (χ2v) is 6.45. The standard InChI is InChI=1S/C3H8O5S3.Na/c4-10(5,6)2-1-3-11(7,8)9;/h1-3H2,(H,4,5,6)(H,7,8,9);/q;+1/p-2. The maximum Gasteiger partial charge on any atom is 1.00 e. The van der Waals surface area contributed by atoms with Crippen LogP contribution in [-0.4, -0.2) is 33.2 Å². The molecule has 0 N–H and O–H groups in total. The quantitative estimate of drug-likeness (QED) is 0.366. The monoisotopic (exact) mass is 241 g/mol. The van der Waals surface area contributed by atoms with Gasteiger partial charge in [-0.2, -0.15) is 0 Å². The molecule has 0 saturated heterocycles. The first-order valence-electron chi connectivity index (χ1n) is 2.58. The van der Waals surface area contributed by atoms with Gasteiger partial charge in [0.1, 0.15) is 0 Å². The minimum atomic E-state index is -4.31. The Morgan fingerprint density at radius 1 is 1.08 bits per heavy atom. The normalized spacial score (nSPS) is 16.2. The molecular formula is C3H6NaO5S3-. The molecule has 5 nitrogen and oxygen atoms in total. The topological polar surface area (TPSA) is 97.3 Å². The summed E-state index contributed by atoms with van der Waals surface area (Å²) in [5.41, 5.74) is 0. The molecule has 1 unspecified atom stereocenters. The van der Waals surface area contributed by atoms with Gasteiger partial charge in [-0.25, -0.2) is 8.42 Å². The smallest absolute Gasteiger partial charge is 0.769 e. The van der Waals surface area contributed by atoms with Gasteiger partial charge in [-0.1, -0.05) is 0 Å². The molecule has 0 aliphatic rings. The third-order valence-electron chi connectivity index (χ3n) is 0.789. The minimum Gasteiger partial charge on any atom is -0.769 e. The molecule has 0 aromatic heterocycles. The van der Waals surface area contributed by atoms with Crippen LogP contribution in [0.1, 0.15) is 6.42 Å². The predicted octanol–water partition coefficient (Wildman–Crippen LogP) is -4.20. The molecule has 9 heteroatoms. The molecule has 0 aliphatic carbocycles. The first-order chi connectivity index (χ1) is 4.71. The molecule has 0 heterocycles. The maximum absolute atomic E-state index is 10.2. The number of hydrogen-bond donors (Lipinski definition) is 0. The van der Waals surface area contributed by atoms with Gasteiger partial charge < -0.3 is 9.11 Å². The van der Waals surface area contributed by atoms with E-state index < -0.39 is 30.4 Å². The van der Waals surface area contributed by atoms with E-state index in [9.17, 15) is 21.7 Å². The molecule has 0 aromatic carbocycles. The van der Waals surface area contributed by atoms with E-state index >= 15 is 0 Å². The molecule has 0 fully saturated rings. The number of hydrogen-bond acceptors (Lipinski definition) is 6. The zero-order valence-corrected chi connectivity index (χ0v) is 10.8. The molecule has 1 atom stereocenters. The molecule has 0 saturated carbocycles. The van der Waals surface area contributed by atoms with Gasteiger partial charge in [0.15, 0.2) is 0 Å². The Morgan fingerprint density at radius 3 is 1.75 bits per heavy atom. The Labute approximate surface area is 98.5 Å². The van der Waals surface area contributed by atoms with Crippen molar-refractivity contribution in [3.05, 3.63) is 0 Å². The van der Waals surface area contributed by atoms with E-state index in [2.05, 4.69) is 11.2 Å². The summed E-state index contributed by atoms with van der Waals surface area (Å²) in [5, 5.41) is 0. The van der Waals surface area contributed by atoms with Gasteiger partial charge in [0.25, 0.3) is 0 Å². The van der Waals surface area contributed by atoms with E-state index in [-0.39, 0.29) is 36.0 Å². The van der Waals surface area contributed by atoms with Crippen LogP contribution in [0.4, 0.5) is 0 Å². The Balaban J connectivity index is 0. The summed E-state index contributed by atoms with van der Waals surface area (Å²) in [5.74, 6) is -1.12. The first-order valence-corrected chi connectivity index (χ1v) is 6.73. The summed E-state index contributed by atoms with van der Waals surface area (Å²) in [6, 6.07) is 0. The molecule has 0 aliphatic heterocycles. The predicted molar refractivity (Wildman–Crippen MR) is 40.3 cm³/mol. The van der Waals surface area contributed by atoms with Crippen LogP contribution in [0, 0.1) is 0 Å². The minimum absolute atomic E-state index is 0. The van der Waals surface area contributed by atoms with Gasteiger partial charge in [0.05, 0.1) is 10.1 Å². The number of rotatable bonds is 4. The third-order valence-corrected chi connectivity index (χ3v) is 2.87. The Hall–Kier alpha value is 1.24. The van der Waals surface area contributed by atoms with E-state index in [4.69, 9.17) is 0 Å². The largest absolute Gasteiger partial charge is 1.00 e. The van der Waals surface area contributed by atoms with Crippen LogP contribution < -0.4 is 29.6 Å². The molecular weight excluding hydrogens is 235 g/mol. The van der Waals surface area contributed by atoms with Crippen LogP contribution >= 0.6 is 0 Å². The van der Waals surface area contributed by atoms with Crippen LogP contribution in [-0.2, 0) is 30.1 Å². The van der Waals surface area contributed by atoms with E-state index in [1.807, 2.05) is 0 Å². The Kier molecular flexibility index (Phi) is 7.67. The Bertz CT molecular complexity index is 271. The van der Waals surface area contributed by atoms with Crippen molar-refractivity contribution < 1.29 is 51.3 Å². The Morgan fingerprint density at radius 2 is 1.50 bits per heavy atom. The fourth-order valence-corrected chi connectivity index (χ4v) is 1.94. The van der Waals surface area contributed by atoms with Crippen LogP contribution in [0.25, 0.3) is 0 Å². The molecule has 0 spiro atoms. The van der Waals surface area contributed by atoms with Gasteiger partial charge in [-0.3, -0.25) is 4.21 Å². The summed E-state index contributed by atoms with van der Waals surface area (Å²) >= 11 is 3.95. The molecule has 0 bridgehead atoms. The summed E-state index contributed by atoms with van der Waals surface area (Å²) in [6.45, 7) is 0. The fraction of sp³-hybridized carbons (Fsp3) is 1.00. The van der Waals surface area contributed by atoms with Gasteiger partial charge in [0, 0.05) is 11.5 Å². The van der Waals surface area contributed by atoms with Gasteiger partial charge in [0.2, 0.25) is 0 Å². The third kappa shape index (κ3) is 13.8. The van der Waals surface area contributed by atoms with Gasteiger partial charge in [-0.05, 0) is 26.4 Å². The molecule has 0 aromatic rings. The van der Waals surface area contributed by atoms with Crippen LogP contribution in [0.2, 0.25) is 0 Å². The average Bonchev–Trinajstić information content (AvgIpc) is 1.55. The average molecular weight is 241 g/mol. The van der Waals surface area contributed by atoms with Crippen LogP contribution in [0.5, 0.6) is 0 Å².